The van der Waals surface area contributed by atoms with E-state index in [-0.39, 0.29) is 23.6 Å². The average molecular weight is 398 g/mol. The van der Waals surface area contributed by atoms with Crippen LogP contribution in [0.25, 0.3) is 11.0 Å². The predicted octanol–water partition coefficient (Wildman–Crippen LogP) is 4.18. The fourth-order valence-corrected chi connectivity index (χ4v) is 4.43. The van der Waals surface area contributed by atoms with Crippen molar-refractivity contribution in [2.75, 3.05) is 13.1 Å². The molecule has 2 aromatic rings. The molecule has 0 bridgehead atoms. The number of benzene rings is 1. The number of imidazole rings is 1. The molecule has 26 heavy (non-hydrogen) atoms. The first-order valence-corrected chi connectivity index (χ1v) is 9.83. The van der Waals surface area contributed by atoms with Crippen molar-refractivity contribution >= 4 is 41.2 Å². The van der Waals surface area contributed by atoms with Crippen LogP contribution in [0.3, 0.4) is 0 Å². The highest BCUT2D eigenvalue weighted by Gasteiger charge is 2.29. The third-order valence-electron chi connectivity index (χ3n) is 4.28. The zero-order valence-corrected chi connectivity index (χ0v) is 17.2. The van der Waals surface area contributed by atoms with Crippen LogP contribution in [0.4, 0.5) is 0 Å². The fraction of sp³-hybridized carbons (Fsp3) is 0.579. The summed E-state index contributed by atoms with van der Waals surface area (Å²) in [6.07, 6.45) is 2.69. The van der Waals surface area contributed by atoms with E-state index in [4.69, 9.17) is 4.74 Å². The molecule has 1 fully saturated rings. The van der Waals surface area contributed by atoms with Crippen LogP contribution in [0, 0.1) is 5.92 Å². The Morgan fingerprint density at radius 2 is 2.15 bits per heavy atom. The van der Waals surface area contributed by atoms with Crippen molar-refractivity contribution < 1.29 is 9.53 Å². The van der Waals surface area contributed by atoms with Crippen LogP contribution in [0.15, 0.2) is 29.4 Å². The molecular formula is C19H28ClN3O2S. The molecule has 1 aromatic heterocycles. The van der Waals surface area contributed by atoms with E-state index in [1.54, 1.807) is 11.8 Å². The highest BCUT2D eigenvalue weighted by molar-refractivity contribution is 7.99. The molecule has 1 aliphatic rings. The number of esters is 1. The quantitative estimate of drug-likeness (QED) is 0.585. The number of hydrogen-bond acceptors (Lipinski definition) is 5. The Kier molecular flexibility index (Phi) is 7.38. The van der Waals surface area contributed by atoms with Gasteiger partial charge in [-0.15, -0.1) is 12.4 Å². The van der Waals surface area contributed by atoms with Gasteiger partial charge in [-0.3, -0.25) is 4.79 Å². The highest BCUT2D eigenvalue weighted by atomic mass is 35.5. The largest absolute Gasteiger partial charge is 0.460 e. The third-order valence-corrected chi connectivity index (χ3v) is 5.55. The zero-order valence-electron chi connectivity index (χ0n) is 15.6. The highest BCUT2D eigenvalue weighted by Crippen LogP contribution is 2.33. The summed E-state index contributed by atoms with van der Waals surface area (Å²) in [4.78, 5) is 20.4. The Labute approximate surface area is 165 Å². The number of hydrogen-bond donors (Lipinski definition) is 2. The minimum Gasteiger partial charge on any atom is -0.460 e. The van der Waals surface area contributed by atoms with Gasteiger partial charge in [0.2, 0.25) is 0 Å². The van der Waals surface area contributed by atoms with Gasteiger partial charge in [0.1, 0.15) is 5.60 Å². The molecule has 0 saturated carbocycles. The molecule has 2 N–H and O–H groups in total. The molecule has 0 aliphatic carbocycles. The molecule has 1 saturated heterocycles. The first-order chi connectivity index (χ1) is 11.9. The van der Waals surface area contributed by atoms with E-state index in [1.807, 2.05) is 45.0 Å². The standard InChI is InChI=1S/C19H27N3O2S.ClH/c1-19(2,3)24-17(23)11-16(13-7-6-10-20-12-13)25-18-21-14-8-4-5-9-15(14)22-18;/h4-5,8-9,13,16,20H,6-7,10-12H2,1-3H3,(H,21,22);1H. The lowest BCUT2D eigenvalue weighted by Gasteiger charge is -2.30. The van der Waals surface area contributed by atoms with Crippen molar-refractivity contribution in [1.29, 1.82) is 0 Å². The molecule has 1 aliphatic heterocycles. The molecule has 144 valence electrons. The lowest BCUT2D eigenvalue weighted by molar-refractivity contribution is -0.155. The van der Waals surface area contributed by atoms with Crippen molar-refractivity contribution in [1.82, 2.24) is 15.3 Å². The Hall–Kier alpha value is -1.24. The molecule has 7 heteroatoms. The van der Waals surface area contributed by atoms with Gasteiger partial charge < -0.3 is 15.0 Å². The van der Waals surface area contributed by atoms with Crippen molar-refractivity contribution in [3.8, 4) is 0 Å². The number of aromatic amines is 1. The van der Waals surface area contributed by atoms with Crippen LogP contribution < -0.4 is 5.32 Å². The fourth-order valence-electron chi connectivity index (χ4n) is 3.18. The second kappa shape index (κ2) is 9.11. The topological polar surface area (TPSA) is 67.0 Å². The average Bonchev–Trinajstić information content (AvgIpc) is 2.95. The van der Waals surface area contributed by atoms with Gasteiger partial charge in [0.25, 0.3) is 0 Å². The monoisotopic (exact) mass is 397 g/mol. The second-order valence-corrected chi connectivity index (χ2v) is 8.84. The summed E-state index contributed by atoms with van der Waals surface area (Å²) in [7, 11) is 0. The number of fused-ring (bicyclic) bond motifs is 1. The number of carbonyl (C=O) groups is 1. The molecule has 5 nitrogen and oxygen atoms in total. The summed E-state index contributed by atoms with van der Waals surface area (Å²) in [5.74, 6) is 0.311. The summed E-state index contributed by atoms with van der Waals surface area (Å²) >= 11 is 1.67. The first kappa shape index (κ1) is 21.1. The maximum atomic E-state index is 12.4. The molecule has 1 aromatic carbocycles. The van der Waals surface area contributed by atoms with Gasteiger partial charge >= 0.3 is 5.97 Å². The smallest absolute Gasteiger partial charge is 0.307 e. The molecule has 0 amide bonds. The number of nitrogens with one attached hydrogen (secondary N) is 2. The normalized spacial score (nSPS) is 19.0. The van der Waals surface area contributed by atoms with Crippen LogP contribution in [-0.4, -0.2) is 39.9 Å². The maximum Gasteiger partial charge on any atom is 0.307 e. The van der Waals surface area contributed by atoms with Crippen LogP contribution >= 0.6 is 24.2 Å². The van der Waals surface area contributed by atoms with Gasteiger partial charge in [0, 0.05) is 5.25 Å². The number of H-pyrrole nitrogens is 1. The van der Waals surface area contributed by atoms with E-state index in [0.717, 1.165) is 42.1 Å². The number of para-hydroxylation sites is 2. The number of ether oxygens (including phenoxy) is 1. The second-order valence-electron chi connectivity index (χ2n) is 7.61. The summed E-state index contributed by atoms with van der Waals surface area (Å²) in [6.45, 7) is 7.74. The van der Waals surface area contributed by atoms with Crippen LogP contribution in [0.5, 0.6) is 0 Å². The van der Waals surface area contributed by atoms with Crippen LogP contribution in [0.2, 0.25) is 0 Å². The van der Waals surface area contributed by atoms with Gasteiger partial charge in [-0.2, -0.15) is 0 Å². The first-order valence-electron chi connectivity index (χ1n) is 8.95. The van der Waals surface area contributed by atoms with Gasteiger partial charge in [0.05, 0.1) is 17.5 Å². The number of piperidine rings is 1. The van der Waals surface area contributed by atoms with E-state index < -0.39 is 5.60 Å². The minimum atomic E-state index is -0.448. The number of aromatic nitrogens is 2. The Morgan fingerprint density at radius 1 is 1.38 bits per heavy atom. The van der Waals surface area contributed by atoms with Crippen LogP contribution in [0.1, 0.15) is 40.0 Å². The predicted molar refractivity (Wildman–Crippen MR) is 109 cm³/mol. The minimum absolute atomic E-state index is 0. The third kappa shape index (κ3) is 5.89. The van der Waals surface area contributed by atoms with Crippen molar-refractivity contribution in [2.45, 2.75) is 56.0 Å². The SMILES string of the molecule is CC(C)(C)OC(=O)CC(Sc1nc2ccccc2[nH]1)C1CCCNC1.Cl. The summed E-state index contributed by atoms with van der Waals surface area (Å²) in [5.41, 5.74) is 1.54. The van der Waals surface area contributed by atoms with Gasteiger partial charge in [0.15, 0.2) is 5.16 Å². The molecule has 3 rings (SSSR count). The molecule has 2 heterocycles. The number of rotatable bonds is 5. The molecule has 0 radical (unpaired) electrons. The number of thioether (sulfide) groups is 1. The van der Waals surface area contributed by atoms with E-state index >= 15 is 0 Å². The van der Waals surface area contributed by atoms with Gasteiger partial charge in [-0.25, -0.2) is 4.98 Å². The molecular weight excluding hydrogens is 370 g/mol. The zero-order chi connectivity index (χ0) is 17.9. The lowest BCUT2D eigenvalue weighted by Crippen LogP contribution is -2.37. The van der Waals surface area contributed by atoms with Crippen molar-refractivity contribution in [3.63, 3.8) is 0 Å². The number of halogens is 1. The van der Waals surface area contributed by atoms with Gasteiger partial charge in [-0.1, -0.05) is 23.9 Å². The van der Waals surface area contributed by atoms with Gasteiger partial charge in [-0.05, 0) is 64.8 Å². The van der Waals surface area contributed by atoms with Crippen molar-refractivity contribution in [2.24, 2.45) is 5.92 Å². The van der Waals surface area contributed by atoms with Crippen LogP contribution in [-0.2, 0) is 9.53 Å². The number of carbonyl (C=O) groups excluding carboxylic acids is 1. The molecule has 2 unspecified atom stereocenters. The Morgan fingerprint density at radius 3 is 2.81 bits per heavy atom. The summed E-state index contributed by atoms with van der Waals surface area (Å²) < 4.78 is 5.55. The Bertz CT molecular complexity index is 690. The summed E-state index contributed by atoms with van der Waals surface area (Å²) in [5, 5.41) is 4.48. The molecule has 0 spiro atoms. The van der Waals surface area contributed by atoms with E-state index in [0.29, 0.717) is 12.3 Å². The Balaban J connectivity index is 0.00000243. The van der Waals surface area contributed by atoms with E-state index in [9.17, 15) is 4.79 Å². The maximum absolute atomic E-state index is 12.4. The number of nitrogens with zero attached hydrogens (tertiary/aromatic N) is 1. The summed E-state index contributed by atoms with van der Waals surface area (Å²) in [6, 6.07) is 8.01. The van der Waals surface area contributed by atoms with E-state index in [2.05, 4.69) is 15.3 Å². The lowest BCUT2D eigenvalue weighted by atomic mass is 9.94. The van der Waals surface area contributed by atoms with Crippen molar-refractivity contribution in [3.05, 3.63) is 24.3 Å². The molecule has 2 atom stereocenters. The van der Waals surface area contributed by atoms with E-state index in [1.165, 1.54) is 0 Å².